The number of nitrogens with one attached hydrogen (secondary N) is 2. The Bertz CT molecular complexity index is 937. The van der Waals surface area contributed by atoms with Gasteiger partial charge in [-0.25, -0.2) is 0 Å². The third-order valence-electron chi connectivity index (χ3n) is 5.94. The lowest BCUT2D eigenvalue weighted by Crippen LogP contribution is -2.31. The first kappa shape index (κ1) is 21.1. The number of anilines is 1. The zero-order valence-corrected chi connectivity index (χ0v) is 17.7. The van der Waals surface area contributed by atoms with E-state index in [4.69, 9.17) is 4.74 Å². The third-order valence-corrected chi connectivity index (χ3v) is 5.94. The SMILES string of the molecule is COc1ccc(C(CNc2ccc(C(=O)NC3CC3)cc2[N+](=O)[O-])N2CCCC2)cc1. The largest absolute Gasteiger partial charge is 0.497 e. The molecule has 0 spiro atoms. The average Bonchev–Trinajstić information content (AvgIpc) is 3.43. The molecule has 1 atom stereocenters. The number of ether oxygens (including phenoxy) is 1. The van der Waals surface area contributed by atoms with Crippen molar-refractivity contribution in [2.45, 2.75) is 37.8 Å². The van der Waals surface area contributed by atoms with E-state index in [1.165, 1.54) is 6.07 Å². The Morgan fingerprint density at radius 3 is 2.52 bits per heavy atom. The van der Waals surface area contributed by atoms with E-state index in [1.807, 2.05) is 24.3 Å². The van der Waals surface area contributed by atoms with Crippen molar-refractivity contribution in [2.75, 3.05) is 32.1 Å². The van der Waals surface area contributed by atoms with Crippen molar-refractivity contribution in [1.82, 2.24) is 10.2 Å². The zero-order chi connectivity index (χ0) is 21.8. The van der Waals surface area contributed by atoms with Gasteiger partial charge in [0.2, 0.25) is 0 Å². The van der Waals surface area contributed by atoms with Crippen LogP contribution in [0.5, 0.6) is 5.75 Å². The van der Waals surface area contributed by atoms with Crippen LogP contribution in [0.3, 0.4) is 0 Å². The number of amides is 1. The van der Waals surface area contributed by atoms with Gasteiger partial charge in [-0.15, -0.1) is 0 Å². The summed E-state index contributed by atoms with van der Waals surface area (Å²) in [5, 5.41) is 17.8. The van der Waals surface area contributed by atoms with E-state index in [9.17, 15) is 14.9 Å². The van der Waals surface area contributed by atoms with Crippen molar-refractivity contribution < 1.29 is 14.5 Å². The van der Waals surface area contributed by atoms with E-state index in [1.54, 1.807) is 19.2 Å². The highest BCUT2D eigenvalue weighted by Gasteiger charge is 2.27. The van der Waals surface area contributed by atoms with E-state index in [2.05, 4.69) is 15.5 Å². The molecule has 4 rings (SSSR count). The summed E-state index contributed by atoms with van der Waals surface area (Å²) in [6.45, 7) is 2.53. The molecule has 2 aromatic carbocycles. The van der Waals surface area contributed by atoms with E-state index in [-0.39, 0.29) is 23.7 Å². The number of nitrogens with zero attached hydrogens (tertiary/aromatic N) is 2. The highest BCUT2D eigenvalue weighted by atomic mass is 16.6. The van der Waals surface area contributed by atoms with Gasteiger partial charge in [0.15, 0.2) is 0 Å². The van der Waals surface area contributed by atoms with E-state index >= 15 is 0 Å². The number of carbonyl (C=O) groups excluding carboxylic acids is 1. The van der Waals surface area contributed by atoms with Gasteiger partial charge in [0.1, 0.15) is 11.4 Å². The molecular weight excluding hydrogens is 396 g/mol. The highest BCUT2D eigenvalue weighted by Crippen LogP contribution is 2.30. The fraction of sp³-hybridized carbons (Fsp3) is 0.435. The molecule has 0 radical (unpaired) electrons. The molecule has 0 bridgehead atoms. The smallest absolute Gasteiger partial charge is 0.293 e. The second-order valence-electron chi connectivity index (χ2n) is 8.15. The van der Waals surface area contributed by atoms with Crippen LogP contribution in [0.2, 0.25) is 0 Å². The summed E-state index contributed by atoms with van der Waals surface area (Å²) in [5.41, 5.74) is 1.79. The molecular formula is C23H28N4O4. The normalized spacial score (nSPS) is 17.2. The summed E-state index contributed by atoms with van der Waals surface area (Å²) in [4.78, 5) is 25.9. The van der Waals surface area contributed by atoms with Crippen molar-refractivity contribution in [3.05, 3.63) is 63.7 Å². The van der Waals surface area contributed by atoms with Crippen molar-refractivity contribution >= 4 is 17.3 Å². The van der Waals surface area contributed by atoms with Crippen LogP contribution in [0, 0.1) is 10.1 Å². The quantitative estimate of drug-likeness (QED) is 0.470. The van der Waals surface area contributed by atoms with Crippen LogP contribution in [0.15, 0.2) is 42.5 Å². The molecule has 2 N–H and O–H groups in total. The Labute approximate surface area is 181 Å². The summed E-state index contributed by atoms with van der Waals surface area (Å²) in [6, 6.07) is 12.9. The average molecular weight is 425 g/mol. The Balaban J connectivity index is 1.52. The first-order valence-electron chi connectivity index (χ1n) is 10.8. The first-order chi connectivity index (χ1) is 15.0. The summed E-state index contributed by atoms with van der Waals surface area (Å²) < 4.78 is 5.27. The predicted octanol–water partition coefficient (Wildman–Crippen LogP) is 3.74. The Kier molecular flexibility index (Phi) is 6.36. The summed E-state index contributed by atoms with van der Waals surface area (Å²) in [7, 11) is 1.64. The van der Waals surface area contributed by atoms with E-state index in [0.29, 0.717) is 17.8 Å². The maximum absolute atomic E-state index is 12.3. The first-order valence-corrected chi connectivity index (χ1v) is 10.8. The Morgan fingerprint density at radius 2 is 1.90 bits per heavy atom. The summed E-state index contributed by atoms with van der Waals surface area (Å²) in [5.74, 6) is 0.540. The van der Waals surface area contributed by atoms with Crippen molar-refractivity contribution in [3.63, 3.8) is 0 Å². The molecule has 1 unspecified atom stereocenters. The predicted molar refractivity (Wildman–Crippen MR) is 119 cm³/mol. The third kappa shape index (κ3) is 5.14. The molecule has 1 aliphatic carbocycles. The molecule has 8 nitrogen and oxygen atoms in total. The lowest BCUT2D eigenvalue weighted by atomic mass is 10.0. The molecule has 1 saturated carbocycles. The van der Waals surface area contributed by atoms with Gasteiger partial charge < -0.3 is 15.4 Å². The molecule has 1 heterocycles. The number of rotatable bonds is 9. The molecule has 2 aromatic rings. The van der Waals surface area contributed by atoms with Crippen LogP contribution in [0.25, 0.3) is 0 Å². The van der Waals surface area contributed by atoms with Crippen LogP contribution >= 0.6 is 0 Å². The highest BCUT2D eigenvalue weighted by molar-refractivity contribution is 5.96. The number of hydrogen-bond donors (Lipinski definition) is 2. The molecule has 1 aliphatic heterocycles. The van der Waals surface area contributed by atoms with E-state index < -0.39 is 4.92 Å². The standard InChI is InChI=1S/C23H28N4O4/c1-31-19-9-4-16(5-10-19)22(26-12-2-3-13-26)15-24-20-11-6-17(14-21(20)27(29)30)23(28)25-18-7-8-18/h4-6,9-11,14,18,22,24H,2-3,7-8,12-13,15H2,1H3,(H,25,28). The second-order valence-corrected chi connectivity index (χ2v) is 8.15. The van der Waals surface area contributed by atoms with Crippen molar-refractivity contribution in [3.8, 4) is 5.75 Å². The Hall–Kier alpha value is -3.13. The van der Waals surface area contributed by atoms with Crippen LogP contribution in [0.1, 0.15) is 47.6 Å². The molecule has 31 heavy (non-hydrogen) atoms. The monoisotopic (exact) mass is 424 g/mol. The molecule has 2 fully saturated rings. The summed E-state index contributed by atoms with van der Waals surface area (Å²) in [6.07, 6.45) is 4.24. The van der Waals surface area contributed by atoms with Gasteiger partial charge in [0.25, 0.3) is 11.6 Å². The molecule has 8 heteroatoms. The summed E-state index contributed by atoms with van der Waals surface area (Å²) >= 11 is 0. The van der Waals surface area contributed by atoms with Crippen LogP contribution in [0.4, 0.5) is 11.4 Å². The van der Waals surface area contributed by atoms with Crippen LogP contribution in [-0.4, -0.2) is 48.5 Å². The van der Waals surface area contributed by atoms with Gasteiger partial charge in [-0.1, -0.05) is 12.1 Å². The van der Waals surface area contributed by atoms with Crippen molar-refractivity contribution in [2.24, 2.45) is 0 Å². The minimum atomic E-state index is -0.436. The number of nitro benzene ring substituents is 1. The number of likely N-dealkylation sites (tertiary alicyclic amines) is 1. The topological polar surface area (TPSA) is 96.7 Å². The second kappa shape index (κ2) is 9.34. The fourth-order valence-corrected chi connectivity index (χ4v) is 4.01. The van der Waals surface area contributed by atoms with Crippen molar-refractivity contribution in [1.29, 1.82) is 0 Å². The number of benzene rings is 2. The number of methoxy groups -OCH3 is 1. The lowest BCUT2D eigenvalue weighted by molar-refractivity contribution is -0.384. The maximum Gasteiger partial charge on any atom is 0.293 e. The fourth-order valence-electron chi connectivity index (χ4n) is 4.01. The van der Waals surface area contributed by atoms with Gasteiger partial charge in [-0.2, -0.15) is 0 Å². The maximum atomic E-state index is 12.3. The zero-order valence-electron chi connectivity index (χ0n) is 17.7. The van der Waals surface area contributed by atoms with Gasteiger partial charge >= 0.3 is 0 Å². The molecule has 1 amide bonds. The van der Waals surface area contributed by atoms with Crippen LogP contribution in [-0.2, 0) is 0 Å². The number of carbonyl (C=O) groups is 1. The molecule has 0 aromatic heterocycles. The molecule has 1 saturated heterocycles. The Morgan fingerprint density at radius 1 is 1.19 bits per heavy atom. The van der Waals surface area contributed by atoms with Gasteiger partial charge in [-0.3, -0.25) is 19.8 Å². The van der Waals surface area contributed by atoms with Crippen LogP contribution < -0.4 is 15.4 Å². The lowest BCUT2D eigenvalue weighted by Gasteiger charge is -2.28. The number of hydrogen-bond acceptors (Lipinski definition) is 6. The minimum absolute atomic E-state index is 0.0849. The number of nitro groups is 1. The van der Waals surface area contributed by atoms with Gasteiger partial charge in [0.05, 0.1) is 18.1 Å². The molecule has 2 aliphatic rings. The minimum Gasteiger partial charge on any atom is -0.497 e. The molecule has 164 valence electrons. The van der Waals surface area contributed by atoms with Gasteiger partial charge in [0, 0.05) is 24.2 Å². The van der Waals surface area contributed by atoms with E-state index in [0.717, 1.165) is 50.1 Å². The van der Waals surface area contributed by atoms with Gasteiger partial charge in [-0.05, 0) is 68.6 Å².